The van der Waals surface area contributed by atoms with E-state index in [4.69, 9.17) is 0 Å². The molecule has 2 amide bonds. The minimum absolute atomic E-state index is 0.0813. The van der Waals surface area contributed by atoms with Crippen LogP contribution in [0.4, 0.5) is 11.4 Å². The molecule has 0 aliphatic carbocycles. The van der Waals surface area contributed by atoms with Crippen LogP contribution in [0.3, 0.4) is 0 Å². The van der Waals surface area contributed by atoms with Crippen molar-refractivity contribution in [2.24, 2.45) is 0 Å². The van der Waals surface area contributed by atoms with Gasteiger partial charge >= 0.3 is 0 Å². The average molecular weight is 433 g/mol. The van der Waals surface area contributed by atoms with Crippen LogP contribution in [-0.2, 0) is 9.59 Å². The van der Waals surface area contributed by atoms with E-state index in [-0.39, 0.29) is 11.8 Å². The van der Waals surface area contributed by atoms with E-state index in [0.29, 0.717) is 13.0 Å². The quantitative estimate of drug-likeness (QED) is 0.684. The Morgan fingerprint density at radius 2 is 1.78 bits per heavy atom. The Morgan fingerprint density at radius 1 is 1.00 bits per heavy atom. The number of nitrogens with zero attached hydrogens (tertiary/aromatic N) is 3. The van der Waals surface area contributed by atoms with Crippen molar-refractivity contribution in [2.75, 3.05) is 55.6 Å². The van der Waals surface area contributed by atoms with Crippen molar-refractivity contribution in [1.29, 1.82) is 0 Å². The molecule has 2 saturated heterocycles. The molecule has 2 fully saturated rings. The summed E-state index contributed by atoms with van der Waals surface area (Å²) in [5.74, 6) is 0.103. The van der Waals surface area contributed by atoms with Crippen LogP contribution in [0.1, 0.15) is 24.0 Å². The minimum Gasteiger partial charge on any atom is -0.369 e. The molecule has 0 radical (unpaired) electrons. The Bertz CT molecular complexity index is 962. The molecule has 2 aromatic rings. The SMILES string of the molecule is Cc1cccc(N2CCN(CCNC(=O)/C=C/c3ccc(N4CCCC4=O)cc3)CC2)c1. The first-order valence-electron chi connectivity index (χ1n) is 11.5. The van der Waals surface area contributed by atoms with E-state index in [2.05, 4.69) is 46.3 Å². The monoisotopic (exact) mass is 432 g/mol. The van der Waals surface area contributed by atoms with E-state index in [1.807, 2.05) is 35.2 Å². The Labute approximate surface area is 190 Å². The molecule has 168 valence electrons. The molecule has 2 aromatic carbocycles. The van der Waals surface area contributed by atoms with Gasteiger partial charge in [0, 0.05) is 69.7 Å². The van der Waals surface area contributed by atoms with Crippen LogP contribution in [0.25, 0.3) is 6.08 Å². The number of carbonyl (C=O) groups excluding carboxylic acids is 2. The van der Waals surface area contributed by atoms with Crippen LogP contribution in [0.2, 0.25) is 0 Å². The number of nitrogens with one attached hydrogen (secondary N) is 1. The van der Waals surface area contributed by atoms with Crippen molar-refractivity contribution >= 4 is 29.3 Å². The van der Waals surface area contributed by atoms with Crippen molar-refractivity contribution in [3.63, 3.8) is 0 Å². The summed E-state index contributed by atoms with van der Waals surface area (Å²) in [4.78, 5) is 30.6. The second kappa shape index (κ2) is 10.5. The largest absolute Gasteiger partial charge is 0.369 e. The topological polar surface area (TPSA) is 55.9 Å². The summed E-state index contributed by atoms with van der Waals surface area (Å²) >= 11 is 0. The average Bonchev–Trinajstić information content (AvgIpc) is 3.24. The zero-order valence-electron chi connectivity index (χ0n) is 18.8. The molecule has 4 rings (SSSR count). The summed E-state index contributed by atoms with van der Waals surface area (Å²) in [5, 5.41) is 2.98. The third-order valence-electron chi connectivity index (χ3n) is 6.17. The van der Waals surface area contributed by atoms with Crippen molar-refractivity contribution < 1.29 is 9.59 Å². The number of carbonyl (C=O) groups is 2. The van der Waals surface area contributed by atoms with Crippen molar-refractivity contribution in [2.45, 2.75) is 19.8 Å². The number of hydrogen-bond donors (Lipinski definition) is 1. The van der Waals surface area contributed by atoms with Gasteiger partial charge in [-0.3, -0.25) is 14.5 Å². The van der Waals surface area contributed by atoms with E-state index in [9.17, 15) is 9.59 Å². The molecule has 2 aliphatic rings. The van der Waals surface area contributed by atoms with Crippen molar-refractivity contribution in [1.82, 2.24) is 10.2 Å². The third kappa shape index (κ3) is 5.77. The van der Waals surface area contributed by atoms with Crippen molar-refractivity contribution in [3.8, 4) is 0 Å². The Morgan fingerprint density at radius 3 is 2.47 bits per heavy atom. The van der Waals surface area contributed by atoms with Gasteiger partial charge in [-0.25, -0.2) is 0 Å². The highest BCUT2D eigenvalue weighted by Crippen LogP contribution is 2.22. The molecule has 0 saturated carbocycles. The molecule has 6 nitrogen and oxygen atoms in total. The molecular formula is C26H32N4O2. The molecular weight excluding hydrogens is 400 g/mol. The van der Waals surface area contributed by atoms with Gasteiger partial charge in [0.2, 0.25) is 11.8 Å². The Hall–Kier alpha value is -3.12. The molecule has 2 heterocycles. The van der Waals surface area contributed by atoms with Gasteiger partial charge in [0.15, 0.2) is 0 Å². The molecule has 0 atom stereocenters. The first kappa shape index (κ1) is 22.1. The second-order valence-electron chi connectivity index (χ2n) is 8.53. The normalized spacial score (nSPS) is 17.3. The summed E-state index contributed by atoms with van der Waals surface area (Å²) in [7, 11) is 0. The molecule has 32 heavy (non-hydrogen) atoms. The highest BCUT2D eigenvalue weighted by Gasteiger charge is 2.21. The predicted octanol–water partition coefficient (Wildman–Crippen LogP) is 3.07. The van der Waals surface area contributed by atoms with Gasteiger partial charge < -0.3 is 15.1 Å². The maximum atomic E-state index is 12.2. The van der Waals surface area contributed by atoms with E-state index in [1.54, 1.807) is 6.08 Å². The van der Waals surface area contributed by atoms with Crippen LogP contribution in [-0.4, -0.2) is 62.5 Å². The molecule has 1 N–H and O–H groups in total. The highest BCUT2D eigenvalue weighted by molar-refractivity contribution is 5.95. The summed E-state index contributed by atoms with van der Waals surface area (Å²) < 4.78 is 0. The van der Waals surface area contributed by atoms with Gasteiger partial charge in [-0.1, -0.05) is 24.3 Å². The lowest BCUT2D eigenvalue weighted by Crippen LogP contribution is -2.48. The number of hydrogen-bond acceptors (Lipinski definition) is 4. The van der Waals surface area contributed by atoms with Gasteiger partial charge in [0.1, 0.15) is 0 Å². The van der Waals surface area contributed by atoms with E-state index < -0.39 is 0 Å². The van der Waals surface area contributed by atoms with Crippen LogP contribution in [0.15, 0.2) is 54.6 Å². The Kier molecular flexibility index (Phi) is 7.22. The van der Waals surface area contributed by atoms with Gasteiger partial charge in [-0.05, 0) is 54.8 Å². The smallest absolute Gasteiger partial charge is 0.244 e. The number of aryl methyl sites for hydroxylation is 1. The zero-order chi connectivity index (χ0) is 22.3. The predicted molar refractivity (Wildman–Crippen MR) is 130 cm³/mol. The summed E-state index contributed by atoms with van der Waals surface area (Å²) in [6.07, 6.45) is 4.94. The first-order chi connectivity index (χ1) is 15.6. The number of rotatable bonds is 7. The lowest BCUT2D eigenvalue weighted by atomic mass is 10.2. The summed E-state index contributed by atoms with van der Waals surface area (Å²) in [6, 6.07) is 16.4. The van der Waals surface area contributed by atoms with E-state index in [0.717, 1.165) is 56.9 Å². The first-order valence-corrected chi connectivity index (χ1v) is 11.5. The number of anilines is 2. The fourth-order valence-corrected chi connectivity index (χ4v) is 4.31. The van der Waals surface area contributed by atoms with Gasteiger partial charge in [-0.2, -0.15) is 0 Å². The van der Waals surface area contributed by atoms with Crippen LogP contribution < -0.4 is 15.1 Å². The fourth-order valence-electron chi connectivity index (χ4n) is 4.31. The molecule has 2 aliphatic heterocycles. The van der Waals surface area contributed by atoms with Crippen LogP contribution in [0, 0.1) is 6.92 Å². The molecule has 0 bridgehead atoms. The maximum Gasteiger partial charge on any atom is 0.244 e. The lowest BCUT2D eigenvalue weighted by molar-refractivity contribution is -0.117. The van der Waals surface area contributed by atoms with Crippen LogP contribution >= 0.6 is 0 Å². The van der Waals surface area contributed by atoms with E-state index in [1.165, 1.54) is 11.3 Å². The fraction of sp³-hybridized carbons (Fsp3) is 0.385. The van der Waals surface area contributed by atoms with Gasteiger partial charge in [0.25, 0.3) is 0 Å². The molecule has 0 spiro atoms. The summed E-state index contributed by atoms with van der Waals surface area (Å²) in [6.45, 7) is 8.45. The number of amides is 2. The second-order valence-corrected chi connectivity index (χ2v) is 8.53. The molecule has 0 unspecified atom stereocenters. The van der Waals surface area contributed by atoms with Crippen molar-refractivity contribution in [3.05, 3.63) is 65.7 Å². The Balaban J connectivity index is 1.16. The maximum absolute atomic E-state index is 12.2. The molecule has 6 heteroatoms. The summed E-state index contributed by atoms with van der Waals surface area (Å²) in [5.41, 5.74) is 4.46. The minimum atomic E-state index is -0.0813. The zero-order valence-corrected chi connectivity index (χ0v) is 18.8. The lowest BCUT2D eigenvalue weighted by Gasteiger charge is -2.36. The van der Waals surface area contributed by atoms with Gasteiger partial charge in [-0.15, -0.1) is 0 Å². The number of benzene rings is 2. The molecule has 0 aromatic heterocycles. The van der Waals surface area contributed by atoms with Crippen LogP contribution in [0.5, 0.6) is 0 Å². The standard InChI is InChI=1S/C26H32N4O2/c1-21-4-2-5-24(20-21)29-18-16-28(17-19-29)15-13-27-25(31)12-9-22-7-10-23(11-8-22)30-14-3-6-26(30)32/h2,4-5,7-12,20H,3,6,13-19H2,1H3,(H,27,31)/b12-9+. The highest BCUT2D eigenvalue weighted by atomic mass is 16.2. The third-order valence-corrected chi connectivity index (χ3v) is 6.17. The van der Waals surface area contributed by atoms with E-state index >= 15 is 0 Å². The number of piperazine rings is 1. The van der Waals surface area contributed by atoms with Gasteiger partial charge in [0.05, 0.1) is 0 Å².